The molecule has 0 aliphatic heterocycles. The molecule has 2 atom stereocenters. The van der Waals surface area contributed by atoms with Crippen LogP contribution in [-0.4, -0.2) is 25.3 Å². The van der Waals surface area contributed by atoms with Gasteiger partial charge in [-0.05, 0) is 45.1 Å². The number of hydrogen-bond donors (Lipinski definition) is 1. The van der Waals surface area contributed by atoms with Crippen LogP contribution in [0.2, 0.25) is 0 Å². The van der Waals surface area contributed by atoms with Gasteiger partial charge in [0, 0.05) is 18.1 Å². The lowest BCUT2D eigenvalue weighted by molar-refractivity contribution is -0.172. The maximum absolute atomic E-state index is 5.89. The molecule has 2 heteroatoms. The zero-order chi connectivity index (χ0) is 11.7. The van der Waals surface area contributed by atoms with Gasteiger partial charge in [0.05, 0.1) is 6.10 Å². The van der Waals surface area contributed by atoms with Gasteiger partial charge in [0.1, 0.15) is 0 Å². The Kier molecular flexibility index (Phi) is 3.45. The predicted molar refractivity (Wildman–Crippen MR) is 70.1 cm³/mol. The van der Waals surface area contributed by atoms with Crippen molar-refractivity contribution in [1.82, 2.24) is 5.32 Å². The third-order valence-electron chi connectivity index (χ3n) is 5.61. The summed E-state index contributed by atoms with van der Waals surface area (Å²) in [4.78, 5) is 0. The van der Waals surface area contributed by atoms with Crippen molar-refractivity contribution in [2.75, 3.05) is 13.2 Å². The lowest BCUT2D eigenvalue weighted by Gasteiger charge is -2.61. The number of nitrogens with one attached hydrogen (secondary N) is 1. The molecule has 3 saturated carbocycles. The summed E-state index contributed by atoms with van der Waals surface area (Å²) in [5, 5.41) is 3.82. The maximum Gasteiger partial charge on any atom is 0.0661 e. The Hall–Kier alpha value is -0.0800. The second kappa shape index (κ2) is 4.89. The molecule has 1 N–H and O–H groups in total. The number of rotatable bonds is 6. The lowest BCUT2D eigenvalue weighted by Crippen LogP contribution is -2.67. The molecule has 0 amide bonds. The minimum Gasteiger partial charge on any atom is -0.378 e. The van der Waals surface area contributed by atoms with E-state index in [0.29, 0.717) is 11.5 Å². The number of hydrogen-bond acceptors (Lipinski definition) is 2. The topological polar surface area (TPSA) is 21.3 Å². The van der Waals surface area contributed by atoms with Crippen LogP contribution in [0.5, 0.6) is 0 Å². The highest BCUT2D eigenvalue weighted by Crippen LogP contribution is 2.57. The van der Waals surface area contributed by atoms with E-state index in [1.54, 1.807) is 0 Å². The van der Waals surface area contributed by atoms with Crippen LogP contribution in [-0.2, 0) is 4.74 Å². The van der Waals surface area contributed by atoms with Crippen molar-refractivity contribution in [3.8, 4) is 0 Å². The van der Waals surface area contributed by atoms with E-state index in [1.165, 1.54) is 57.9 Å². The van der Waals surface area contributed by atoms with Gasteiger partial charge in [0.25, 0.3) is 0 Å². The molecule has 3 fully saturated rings. The third-order valence-corrected chi connectivity index (χ3v) is 5.61. The number of ether oxygens (including phenoxy) is 1. The van der Waals surface area contributed by atoms with Gasteiger partial charge in [-0.3, -0.25) is 0 Å². The smallest absolute Gasteiger partial charge is 0.0661 e. The van der Waals surface area contributed by atoms with Crippen LogP contribution in [0.4, 0.5) is 0 Å². The van der Waals surface area contributed by atoms with Crippen molar-refractivity contribution in [2.45, 2.75) is 70.4 Å². The van der Waals surface area contributed by atoms with Gasteiger partial charge in [0.2, 0.25) is 0 Å². The van der Waals surface area contributed by atoms with Crippen LogP contribution >= 0.6 is 0 Å². The van der Waals surface area contributed by atoms with Gasteiger partial charge in [-0.1, -0.05) is 25.7 Å². The first-order valence-corrected chi connectivity index (χ1v) is 7.70. The molecule has 3 rings (SSSR count). The van der Waals surface area contributed by atoms with E-state index >= 15 is 0 Å². The zero-order valence-electron chi connectivity index (χ0n) is 11.2. The molecule has 2 unspecified atom stereocenters. The van der Waals surface area contributed by atoms with Crippen LogP contribution in [0, 0.1) is 11.3 Å². The molecular formula is C15H27NO. The van der Waals surface area contributed by atoms with Crippen molar-refractivity contribution in [3.05, 3.63) is 0 Å². The molecule has 1 spiro atoms. The van der Waals surface area contributed by atoms with Crippen molar-refractivity contribution < 1.29 is 4.74 Å². The largest absolute Gasteiger partial charge is 0.378 e. The minimum absolute atomic E-state index is 0.551. The molecular weight excluding hydrogens is 210 g/mol. The Balaban J connectivity index is 1.41. The molecule has 0 saturated heterocycles. The average Bonchev–Trinajstić information content (AvgIpc) is 2.15. The van der Waals surface area contributed by atoms with Gasteiger partial charge in [-0.25, -0.2) is 0 Å². The molecule has 3 aliphatic rings. The quantitative estimate of drug-likeness (QED) is 0.766. The Bertz CT molecular complexity index is 258. The zero-order valence-corrected chi connectivity index (χ0v) is 11.2. The molecule has 0 aromatic rings. The van der Waals surface area contributed by atoms with Crippen LogP contribution in [0.3, 0.4) is 0 Å². The summed E-state index contributed by atoms with van der Waals surface area (Å²) in [6.07, 6.45) is 11.9. The van der Waals surface area contributed by atoms with Crippen LogP contribution in [0.25, 0.3) is 0 Å². The van der Waals surface area contributed by atoms with E-state index in [9.17, 15) is 0 Å². The third kappa shape index (κ3) is 2.04. The monoisotopic (exact) mass is 237 g/mol. The molecule has 3 aliphatic carbocycles. The molecule has 0 heterocycles. The fraction of sp³-hybridized carbons (Fsp3) is 1.00. The second-order valence-corrected chi connectivity index (χ2v) is 6.36. The van der Waals surface area contributed by atoms with Crippen molar-refractivity contribution in [1.29, 1.82) is 0 Å². The SMILES string of the molecule is CCOC1CC(NCCC2CCC2)C12CCC2. The summed E-state index contributed by atoms with van der Waals surface area (Å²) in [5.74, 6) is 1.04. The van der Waals surface area contributed by atoms with E-state index in [0.717, 1.165) is 18.6 Å². The van der Waals surface area contributed by atoms with Crippen molar-refractivity contribution in [2.24, 2.45) is 11.3 Å². The second-order valence-electron chi connectivity index (χ2n) is 6.36. The van der Waals surface area contributed by atoms with Crippen LogP contribution in [0.15, 0.2) is 0 Å². The fourth-order valence-electron chi connectivity index (χ4n) is 3.97. The van der Waals surface area contributed by atoms with Gasteiger partial charge < -0.3 is 10.1 Å². The van der Waals surface area contributed by atoms with E-state index in [2.05, 4.69) is 12.2 Å². The maximum atomic E-state index is 5.89. The van der Waals surface area contributed by atoms with Crippen molar-refractivity contribution >= 4 is 0 Å². The first-order chi connectivity index (χ1) is 8.35. The summed E-state index contributed by atoms with van der Waals surface area (Å²) in [5.41, 5.74) is 0.551. The molecule has 0 aromatic heterocycles. The summed E-state index contributed by atoms with van der Waals surface area (Å²) in [7, 11) is 0. The molecule has 0 bridgehead atoms. The normalized spacial score (nSPS) is 35.1. The average molecular weight is 237 g/mol. The first-order valence-electron chi connectivity index (χ1n) is 7.70. The Morgan fingerprint density at radius 3 is 2.59 bits per heavy atom. The summed E-state index contributed by atoms with van der Waals surface area (Å²) in [6.45, 7) is 4.26. The Morgan fingerprint density at radius 1 is 1.24 bits per heavy atom. The van der Waals surface area contributed by atoms with Gasteiger partial charge in [0.15, 0.2) is 0 Å². The summed E-state index contributed by atoms with van der Waals surface area (Å²) < 4.78 is 5.89. The molecule has 0 radical (unpaired) electrons. The van der Waals surface area contributed by atoms with E-state index < -0.39 is 0 Å². The standard InChI is InChI=1S/C15H27NO/c1-2-17-14-11-13(15(14)8-4-9-15)16-10-7-12-5-3-6-12/h12-14,16H,2-11H2,1H3. The summed E-state index contributed by atoms with van der Waals surface area (Å²) >= 11 is 0. The fourth-order valence-corrected chi connectivity index (χ4v) is 3.97. The van der Waals surface area contributed by atoms with Gasteiger partial charge in [-0.15, -0.1) is 0 Å². The molecule has 17 heavy (non-hydrogen) atoms. The molecule has 98 valence electrons. The van der Waals surface area contributed by atoms with Crippen LogP contribution in [0.1, 0.15) is 58.3 Å². The van der Waals surface area contributed by atoms with Crippen molar-refractivity contribution in [3.63, 3.8) is 0 Å². The highest BCUT2D eigenvalue weighted by atomic mass is 16.5. The molecule has 2 nitrogen and oxygen atoms in total. The highest BCUT2D eigenvalue weighted by molar-refractivity contribution is 5.12. The van der Waals surface area contributed by atoms with E-state index in [4.69, 9.17) is 4.74 Å². The highest BCUT2D eigenvalue weighted by Gasteiger charge is 2.58. The minimum atomic E-state index is 0.551. The lowest BCUT2D eigenvalue weighted by atomic mass is 9.51. The molecule has 0 aromatic carbocycles. The Labute approximate surface area is 105 Å². The predicted octanol–water partition coefficient (Wildman–Crippen LogP) is 3.11. The first kappa shape index (κ1) is 12.0. The summed E-state index contributed by atoms with van der Waals surface area (Å²) in [6, 6.07) is 0.771. The van der Waals surface area contributed by atoms with Gasteiger partial charge >= 0.3 is 0 Å². The van der Waals surface area contributed by atoms with Gasteiger partial charge in [-0.2, -0.15) is 0 Å². The van der Waals surface area contributed by atoms with E-state index in [1.807, 2.05) is 0 Å². The van der Waals surface area contributed by atoms with E-state index in [-0.39, 0.29) is 0 Å². The Morgan fingerprint density at radius 2 is 2.06 bits per heavy atom. The van der Waals surface area contributed by atoms with Crippen LogP contribution < -0.4 is 5.32 Å².